The van der Waals surface area contributed by atoms with E-state index in [2.05, 4.69) is 24.8 Å². The molecule has 0 heterocycles. The SMILES string of the molecule is CC(C)CCN(C)C(C)(C)C#N. The molecule has 0 aromatic rings. The normalized spacial score (nSPS) is 12.2. The number of nitriles is 1. The molecule has 0 rings (SSSR count). The Balaban J connectivity index is 3.89. The fraction of sp³-hybridized carbons (Fsp3) is 0.900. The van der Waals surface area contributed by atoms with Crippen LogP contribution in [0.3, 0.4) is 0 Å². The van der Waals surface area contributed by atoms with Crippen molar-refractivity contribution in [2.24, 2.45) is 5.92 Å². The minimum Gasteiger partial charge on any atom is -0.289 e. The molecule has 0 fully saturated rings. The standard InChI is InChI=1S/C10H20N2/c1-9(2)6-7-12(5)10(3,4)8-11/h9H,6-7H2,1-5H3. The Morgan fingerprint density at radius 3 is 2.25 bits per heavy atom. The van der Waals surface area contributed by atoms with E-state index >= 15 is 0 Å². The Bertz CT molecular complexity index is 165. The monoisotopic (exact) mass is 168 g/mol. The van der Waals surface area contributed by atoms with E-state index in [1.165, 1.54) is 0 Å². The average Bonchev–Trinajstić information content (AvgIpc) is 2.00. The van der Waals surface area contributed by atoms with Gasteiger partial charge in [0.05, 0.1) is 6.07 Å². The van der Waals surface area contributed by atoms with Gasteiger partial charge in [0.25, 0.3) is 0 Å². The molecule has 0 N–H and O–H groups in total. The molecule has 0 spiro atoms. The molecule has 0 bridgehead atoms. The highest BCUT2D eigenvalue weighted by atomic mass is 15.2. The van der Waals surface area contributed by atoms with Crippen molar-refractivity contribution in [3.63, 3.8) is 0 Å². The van der Waals surface area contributed by atoms with Gasteiger partial charge in [-0.1, -0.05) is 13.8 Å². The van der Waals surface area contributed by atoms with E-state index in [9.17, 15) is 0 Å². The molecule has 0 aliphatic heterocycles. The van der Waals surface area contributed by atoms with Crippen molar-refractivity contribution in [1.29, 1.82) is 5.26 Å². The summed E-state index contributed by atoms with van der Waals surface area (Å²) < 4.78 is 0. The van der Waals surface area contributed by atoms with Crippen molar-refractivity contribution in [2.75, 3.05) is 13.6 Å². The largest absolute Gasteiger partial charge is 0.289 e. The van der Waals surface area contributed by atoms with E-state index in [1.54, 1.807) is 0 Å². The molecule has 0 aromatic heterocycles. The van der Waals surface area contributed by atoms with Gasteiger partial charge in [0.2, 0.25) is 0 Å². The number of hydrogen-bond acceptors (Lipinski definition) is 2. The third-order valence-corrected chi connectivity index (χ3v) is 2.27. The van der Waals surface area contributed by atoms with Crippen molar-refractivity contribution in [3.8, 4) is 6.07 Å². The second kappa shape index (κ2) is 4.47. The first-order valence-corrected chi connectivity index (χ1v) is 4.52. The van der Waals surface area contributed by atoms with Crippen LogP contribution in [0.1, 0.15) is 34.1 Å². The Kier molecular flexibility index (Phi) is 4.26. The number of nitrogens with zero attached hydrogens (tertiary/aromatic N) is 2. The van der Waals surface area contributed by atoms with Crippen LogP contribution in [0.25, 0.3) is 0 Å². The molecule has 0 saturated heterocycles. The van der Waals surface area contributed by atoms with Crippen LogP contribution in [0.5, 0.6) is 0 Å². The summed E-state index contributed by atoms with van der Waals surface area (Å²) in [6.45, 7) is 9.30. The quantitative estimate of drug-likeness (QED) is 0.644. The summed E-state index contributed by atoms with van der Waals surface area (Å²) in [5, 5.41) is 8.84. The molecule has 0 saturated carbocycles. The van der Waals surface area contributed by atoms with Gasteiger partial charge in [0, 0.05) is 0 Å². The molecule has 0 radical (unpaired) electrons. The van der Waals surface area contributed by atoms with E-state index in [4.69, 9.17) is 5.26 Å². The maximum atomic E-state index is 8.84. The zero-order valence-corrected chi connectivity index (χ0v) is 8.89. The van der Waals surface area contributed by atoms with Gasteiger partial charge in [-0.2, -0.15) is 5.26 Å². The third kappa shape index (κ3) is 3.73. The van der Waals surface area contributed by atoms with Gasteiger partial charge < -0.3 is 0 Å². The van der Waals surface area contributed by atoms with E-state index in [-0.39, 0.29) is 5.54 Å². The molecule has 0 unspecified atom stereocenters. The predicted octanol–water partition coefficient (Wildman–Crippen LogP) is 2.27. The van der Waals surface area contributed by atoms with Crippen molar-refractivity contribution >= 4 is 0 Å². The van der Waals surface area contributed by atoms with Gasteiger partial charge in [-0.05, 0) is 39.8 Å². The van der Waals surface area contributed by atoms with Crippen molar-refractivity contribution in [1.82, 2.24) is 4.90 Å². The van der Waals surface area contributed by atoms with Crippen LogP contribution in [-0.2, 0) is 0 Å². The lowest BCUT2D eigenvalue weighted by Crippen LogP contribution is -2.40. The van der Waals surface area contributed by atoms with E-state index < -0.39 is 0 Å². The zero-order chi connectivity index (χ0) is 9.78. The lowest BCUT2D eigenvalue weighted by atomic mass is 10.0. The van der Waals surface area contributed by atoms with Crippen LogP contribution in [0.15, 0.2) is 0 Å². The summed E-state index contributed by atoms with van der Waals surface area (Å²) in [5.41, 5.74) is -0.325. The Morgan fingerprint density at radius 2 is 1.92 bits per heavy atom. The summed E-state index contributed by atoms with van der Waals surface area (Å²) in [5.74, 6) is 0.710. The molecule has 0 aliphatic carbocycles. The highest BCUT2D eigenvalue weighted by Crippen LogP contribution is 2.12. The second-order valence-electron chi connectivity index (χ2n) is 4.27. The van der Waals surface area contributed by atoms with Crippen LogP contribution in [0.2, 0.25) is 0 Å². The fourth-order valence-electron chi connectivity index (χ4n) is 0.817. The molecular formula is C10H20N2. The predicted molar refractivity (Wildman–Crippen MR) is 51.8 cm³/mol. The van der Waals surface area contributed by atoms with Crippen LogP contribution >= 0.6 is 0 Å². The fourth-order valence-corrected chi connectivity index (χ4v) is 0.817. The number of rotatable bonds is 4. The highest BCUT2D eigenvalue weighted by Gasteiger charge is 2.21. The van der Waals surface area contributed by atoms with Gasteiger partial charge >= 0.3 is 0 Å². The Labute approximate surface area is 76.2 Å². The smallest absolute Gasteiger partial charge is 0.103 e. The van der Waals surface area contributed by atoms with Crippen LogP contribution < -0.4 is 0 Å². The first kappa shape index (κ1) is 11.4. The maximum Gasteiger partial charge on any atom is 0.103 e. The van der Waals surface area contributed by atoms with Crippen molar-refractivity contribution < 1.29 is 0 Å². The molecule has 0 atom stereocenters. The highest BCUT2D eigenvalue weighted by molar-refractivity contribution is 5.00. The number of hydrogen-bond donors (Lipinski definition) is 0. The maximum absolute atomic E-state index is 8.84. The van der Waals surface area contributed by atoms with Crippen LogP contribution in [-0.4, -0.2) is 24.0 Å². The molecule has 0 aromatic carbocycles. The lowest BCUT2D eigenvalue weighted by Gasteiger charge is -2.29. The molecule has 0 aliphatic rings. The van der Waals surface area contributed by atoms with Crippen LogP contribution in [0, 0.1) is 17.2 Å². The Hall–Kier alpha value is -0.550. The van der Waals surface area contributed by atoms with Crippen molar-refractivity contribution in [3.05, 3.63) is 0 Å². The third-order valence-electron chi connectivity index (χ3n) is 2.27. The summed E-state index contributed by atoms with van der Waals surface area (Å²) in [6.07, 6.45) is 1.15. The molecule has 70 valence electrons. The summed E-state index contributed by atoms with van der Waals surface area (Å²) in [7, 11) is 2.01. The first-order valence-electron chi connectivity index (χ1n) is 4.52. The molecule has 12 heavy (non-hydrogen) atoms. The molecule has 2 heteroatoms. The van der Waals surface area contributed by atoms with Gasteiger partial charge in [0.1, 0.15) is 5.54 Å². The Morgan fingerprint density at radius 1 is 1.42 bits per heavy atom. The topological polar surface area (TPSA) is 27.0 Å². The van der Waals surface area contributed by atoms with Gasteiger partial charge in [-0.3, -0.25) is 4.90 Å². The minimum atomic E-state index is -0.325. The minimum absolute atomic E-state index is 0.325. The van der Waals surface area contributed by atoms with E-state index in [0.717, 1.165) is 13.0 Å². The van der Waals surface area contributed by atoms with E-state index in [1.807, 2.05) is 20.9 Å². The summed E-state index contributed by atoms with van der Waals surface area (Å²) in [6, 6.07) is 2.29. The van der Waals surface area contributed by atoms with E-state index in [0.29, 0.717) is 5.92 Å². The lowest BCUT2D eigenvalue weighted by molar-refractivity contribution is 0.200. The van der Waals surface area contributed by atoms with Crippen molar-refractivity contribution in [2.45, 2.75) is 39.7 Å². The van der Waals surface area contributed by atoms with Crippen LogP contribution in [0.4, 0.5) is 0 Å². The summed E-state index contributed by atoms with van der Waals surface area (Å²) in [4.78, 5) is 2.10. The van der Waals surface area contributed by atoms with Gasteiger partial charge in [-0.15, -0.1) is 0 Å². The average molecular weight is 168 g/mol. The molecule has 0 amide bonds. The zero-order valence-electron chi connectivity index (χ0n) is 8.89. The first-order chi connectivity index (χ1) is 5.40. The molecule has 2 nitrogen and oxygen atoms in total. The van der Waals surface area contributed by atoms with Gasteiger partial charge in [0.15, 0.2) is 0 Å². The molecular weight excluding hydrogens is 148 g/mol. The summed E-state index contributed by atoms with van der Waals surface area (Å²) >= 11 is 0. The second-order valence-corrected chi connectivity index (χ2v) is 4.27. The van der Waals surface area contributed by atoms with Gasteiger partial charge in [-0.25, -0.2) is 0 Å².